The summed E-state index contributed by atoms with van der Waals surface area (Å²) in [6.07, 6.45) is 0. The maximum Gasteiger partial charge on any atom is 0.274 e. The quantitative estimate of drug-likeness (QED) is 0.702. The Labute approximate surface area is 154 Å². The van der Waals surface area contributed by atoms with Crippen LogP contribution >= 0.6 is 11.6 Å². The highest BCUT2D eigenvalue weighted by Gasteiger charge is 2.14. The van der Waals surface area contributed by atoms with E-state index in [-0.39, 0.29) is 11.6 Å². The molecule has 9 heteroatoms. The van der Waals surface area contributed by atoms with Crippen LogP contribution in [-0.4, -0.2) is 28.1 Å². The van der Waals surface area contributed by atoms with Gasteiger partial charge in [0.2, 0.25) is 5.95 Å². The molecular formula is C17H16ClN5O3. The molecule has 0 saturated heterocycles. The van der Waals surface area contributed by atoms with Gasteiger partial charge < -0.3 is 19.9 Å². The number of carbonyl (C=O) groups excluding carboxylic acids is 1. The molecule has 0 fully saturated rings. The Morgan fingerprint density at radius 2 is 2.00 bits per heavy atom. The van der Waals surface area contributed by atoms with Crippen molar-refractivity contribution in [2.45, 2.75) is 13.8 Å². The number of nitrogens with zero attached hydrogens (tertiary/aromatic N) is 3. The first kappa shape index (κ1) is 17.7. The molecule has 0 saturated carbocycles. The maximum absolute atomic E-state index is 12.6. The maximum atomic E-state index is 12.6. The smallest absolute Gasteiger partial charge is 0.274 e. The largest absolute Gasteiger partial charge is 0.495 e. The molecule has 0 unspecified atom stereocenters. The molecule has 0 bridgehead atoms. The van der Waals surface area contributed by atoms with E-state index in [0.29, 0.717) is 33.7 Å². The van der Waals surface area contributed by atoms with Crippen molar-refractivity contribution in [1.29, 1.82) is 0 Å². The summed E-state index contributed by atoms with van der Waals surface area (Å²) in [5.74, 6) is 1.41. The number of halogens is 1. The number of rotatable bonds is 5. The fraction of sp³-hybridized carbons (Fsp3) is 0.176. The van der Waals surface area contributed by atoms with Crippen molar-refractivity contribution in [3.05, 3.63) is 52.5 Å². The first-order valence-electron chi connectivity index (χ1n) is 7.65. The Kier molecular flexibility index (Phi) is 5.04. The van der Waals surface area contributed by atoms with E-state index in [1.807, 2.05) is 0 Å². The minimum Gasteiger partial charge on any atom is -0.495 e. The number of anilines is 3. The van der Waals surface area contributed by atoms with Crippen LogP contribution in [0.5, 0.6) is 5.75 Å². The number of aryl methyl sites for hydroxylation is 2. The number of hydrogen-bond acceptors (Lipinski definition) is 7. The molecule has 26 heavy (non-hydrogen) atoms. The average Bonchev–Trinajstić information content (AvgIpc) is 2.99. The lowest BCUT2D eigenvalue weighted by Crippen LogP contribution is -2.16. The van der Waals surface area contributed by atoms with Crippen LogP contribution in [0.3, 0.4) is 0 Å². The van der Waals surface area contributed by atoms with Crippen molar-refractivity contribution in [2.75, 3.05) is 17.7 Å². The van der Waals surface area contributed by atoms with Crippen molar-refractivity contribution >= 4 is 35.0 Å². The fourth-order valence-electron chi connectivity index (χ4n) is 2.24. The monoisotopic (exact) mass is 373 g/mol. The Balaban J connectivity index is 1.84. The third-order valence-corrected chi connectivity index (χ3v) is 3.60. The number of aromatic nitrogens is 3. The molecule has 0 atom stereocenters. The predicted octanol–water partition coefficient (Wildman–Crippen LogP) is 3.74. The second-order valence-electron chi connectivity index (χ2n) is 5.46. The minimum absolute atomic E-state index is 0.183. The van der Waals surface area contributed by atoms with Crippen LogP contribution in [0.4, 0.5) is 17.5 Å². The van der Waals surface area contributed by atoms with Crippen LogP contribution in [0.2, 0.25) is 5.02 Å². The molecule has 2 aromatic heterocycles. The average molecular weight is 374 g/mol. The van der Waals surface area contributed by atoms with Crippen molar-refractivity contribution in [3.8, 4) is 5.75 Å². The van der Waals surface area contributed by atoms with E-state index in [1.165, 1.54) is 7.11 Å². The van der Waals surface area contributed by atoms with Crippen LogP contribution in [0.1, 0.15) is 21.9 Å². The Bertz CT molecular complexity index is 957. The third kappa shape index (κ3) is 4.09. The first-order valence-corrected chi connectivity index (χ1v) is 8.03. The molecule has 2 heterocycles. The van der Waals surface area contributed by atoms with Gasteiger partial charge in [0, 0.05) is 16.8 Å². The molecule has 134 valence electrons. The summed E-state index contributed by atoms with van der Waals surface area (Å²) in [5, 5.41) is 9.94. The van der Waals surface area contributed by atoms with Crippen molar-refractivity contribution in [3.63, 3.8) is 0 Å². The third-order valence-electron chi connectivity index (χ3n) is 3.36. The molecule has 0 aliphatic heterocycles. The van der Waals surface area contributed by atoms with Gasteiger partial charge in [-0.15, -0.1) is 0 Å². The highest BCUT2D eigenvalue weighted by Crippen LogP contribution is 2.28. The molecule has 3 rings (SSSR count). The van der Waals surface area contributed by atoms with Crippen LogP contribution in [0, 0.1) is 13.8 Å². The molecule has 0 spiro atoms. The van der Waals surface area contributed by atoms with Crippen LogP contribution < -0.4 is 15.4 Å². The zero-order chi connectivity index (χ0) is 18.7. The molecule has 0 aliphatic carbocycles. The molecule has 0 radical (unpaired) electrons. The number of amides is 1. The van der Waals surface area contributed by atoms with Crippen molar-refractivity contribution < 1.29 is 14.1 Å². The standard InChI is InChI=1S/C17H16ClN5O3/c1-9-6-13(21-17(19-9)22-15-7-10(2)26-23-15)16(24)20-12-8-11(18)4-5-14(12)25-3/h4-8H,1-3H3,(H,20,24)(H,19,21,22,23). The van der Waals surface area contributed by atoms with E-state index in [4.69, 9.17) is 20.9 Å². The van der Waals surface area contributed by atoms with Crippen LogP contribution in [0.25, 0.3) is 0 Å². The lowest BCUT2D eigenvalue weighted by Gasteiger charge is -2.11. The predicted molar refractivity (Wildman–Crippen MR) is 97.2 cm³/mol. The van der Waals surface area contributed by atoms with E-state index < -0.39 is 5.91 Å². The summed E-state index contributed by atoms with van der Waals surface area (Å²) in [6.45, 7) is 3.53. The zero-order valence-electron chi connectivity index (χ0n) is 14.3. The zero-order valence-corrected chi connectivity index (χ0v) is 15.1. The van der Waals surface area contributed by atoms with E-state index in [9.17, 15) is 4.79 Å². The van der Waals surface area contributed by atoms with Gasteiger partial charge in [0.25, 0.3) is 5.91 Å². The molecule has 0 aliphatic rings. The summed E-state index contributed by atoms with van der Waals surface area (Å²) in [6, 6.07) is 8.22. The van der Waals surface area contributed by atoms with Gasteiger partial charge in [-0.3, -0.25) is 4.79 Å². The molecule has 2 N–H and O–H groups in total. The van der Waals surface area contributed by atoms with E-state index in [1.54, 1.807) is 44.2 Å². The van der Waals surface area contributed by atoms with Crippen LogP contribution in [0.15, 0.2) is 34.9 Å². The van der Waals surface area contributed by atoms with Gasteiger partial charge in [0.15, 0.2) is 5.82 Å². The van der Waals surface area contributed by atoms with E-state index >= 15 is 0 Å². The van der Waals surface area contributed by atoms with Gasteiger partial charge in [-0.2, -0.15) is 0 Å². The molecule has 1 aromatic carbocycles. The van der Waals surface area contributed by atoms with E-state index in [0.717, 1.165) is 0 Å². The highest BCUT2D eigenvalue weighted by atomic mass is 35.5. The minimum atomic E-state index is -0.421. The number of hydrogen-bond donors (Lipinski definition) is 2. The molecule has 8 nitrogen and oxygen atoms in total. The number of methoxy groups -OCH3 is 1. The molecule has 1 amide bonds. The van der Waals surface area contributed by atoms with Gasteiger partial charge in [-0.1, -0.05) is 16.8 Å². The summed E-state index contributed by atoms with van der Waals surface area (Å²) >= 11 is 5.99. The van der Waals surface area contributed by atoms with Crippen LogP contribution in [-0.2, 0) is 0 Å². The number of carbonyl (C=O) groups is 1. The normalized spacial score (nSPS) is 10.5. The Hall–Kier alpha value is -3.13. The van der Waals surface area contributed by atoms with Gasteiger partial charge in [-0.25, -0.2) is 9.97 Å². The SMILES string of the molecule is COc1ccc(Cl)cc1NC(=O)c1cc(C)nc(Nc2cc(C)on2)n1. The molecule has 3 aromatic rings. The number of ether oxygens (including phenoxy) is 1. The molecular weight excluding hydrogens is 358 g/mol. The van der Waals surface area contributed by atoms with Gasteiger partial charge in [0.1, 0.15) is 17.2 Å². The second kappa shape index (κ2) is 7.40. The van der Waals surface area contributed by atoms with Crippen molar-refractivity contribution in [1.82, 2.24) is 15.1 Å². The lowest BCUT2D eigenvalue weighted by atomic mass is 10.2. The number of benzene rings is 1. The summed E-state index contributed by atoms with van der Waals surface area (Å²) < 4.78 is 10.2. The van der Waals surface area contributed by atoms with Crippen molar-refractivity contribution in [2.24, 2.45) is 0 Å². The Morgan fingerprint density at radius 3 is 2.69 bits per heavy atom. The topological polar surface area (TPSA) is 102 Å². The van der Waals surface area contributed by atoms with Gasteiger partial charge in [0.05, 0.1) is 12.8 Å². The Morgan fingerprint density at radius 1 is 1.19 bits per heavy atom. The number of nitrogens with one attached hydrogen (secondary N) is 2. The van der Waals surface area contributed by atoms with E-state index in [2.05, 4.69) is 25.8 Å². The fourth-order valence-corrected chi connectivity index (χ4v) is 2.42. The van der Waals surface area contributed by atoms with Gasteiger partial charge in [-0.05, 0) is 38.1 Å². The highest BCUT2D eigenvalue weighted by molar-refractivity contribution is 6.31. The summed E-state index contributed by atoms with van der Waals surface area (Å²) in [5.41, 5.74) is 1.25. The second-order valence-corrected chi connectivity index (χ2v) is 5.90. The summed E-state index contributed by atoms with van der Waals surface area (Å²) in [4.78, 5) is 21.1. The van der Waals surface area contributed by atoms with Gasteiger partial charge >= 0.3 is 0 Å². The first-order chi connectivity index (χ1) is 12.4. The lowest BCUT2D eigenvalue weighted by molar-refractivity contribution is 0.102. The summed E-state index contributed by atoms with van der Waals surface area (Å²) in [7, 11) is 1.51.